The van der Waals surface area contributed by atoms with Gasteiger partial charge in [-0.15, -0.1) is 0 Å². The number of methoxy groups -OCH3 is 1. The number of benzene rings is 2. The van der Waals surface area contributed by atoms with Gasteiger partial charge in [0.2, 0.25) is 0 Å². The van der Waals surface area contributed by atoms with Gasteiger partial charge in [0.05, 0.1) is 6.61 Å². The second kappa shape index (κ2) is 11.2. The normalized spacial score (nSPS) is 12.5. The molecule has 0 aliphatic heterocycles. The zero-order valence-electron chi connectivity index (χ0n) is 16.8. The lowest BCUT2D eigenvalue weighted by atomic mass is 9.99. The first-order valence-corrected chi connectivity index (χ1v) is 9.34. The zero-order chi connectivity index (χ0) is 19.5. The van der Waals surface area contributed by atoms with Crippen molar-refractivity contribution in [3.63, 3.8) is 0 Å². The number of aryl methyl sites for hydroxylation is 1. The van der Waals surface area contributed by atoms with Crippen LogP contribution in [0.4, 0.5) is 0 Å². The van der Waals surface area contributed by atoms with Crippen molar-refractivity contribution in [2.24, 2.45) is 4.99 Å². The highest BCUT2D eigenvalue weighted by Gasteiger charge is 2.07. The van der Waals surface area contributed by atoms with E-state index in [1.807, 2.05) is 18.2 Å². The Labute approximate surface area is 162 Å². The molecule has 0 spiro atoms. The highest BCUT2D eigenvalue weighted by atomic mass is 16.5. The van der Waals surface area contributed by atoms with Crippen LogP contribution in [0.1, 0.15) is 29.5 Å². The number of hydrogen-bond acceptors (Lipinski definition) is 3. The molecule has 5 heteroatoms. The molecular formula is C22H31N3O2. The second-order valence-electron chi connectivity index (χ2n) is 6.61. The van der Waals surface area contributed by atoms with E-state index in [2.05, 4.69) is 59.8 Å². The van der Waals surface area contributed by atoms with E-state index in [9.17, 15) is 0 Å². The van der Waals surface area contributed by atoms with Crippen molar-refractivity contribution in [3.05, 3.63) is 65.2 Å². The van der Waals surface area contributed by atoms with Crippen LogP contribution in [0.15, 0.2) is 53.5 Å². The van der Waals surface area contributed by atoms with Crippen LogP contribution in [0.2, 0.25) is 0 Å². The maximum Gasteiger partial charge on any atom is 0.191 e. The van der Waals surface area contributed by atoms with Gasteiger partial charge >= 0.3 is 0 Å². The van der Waals surface area contributed by atoms with Gasteiger partial charge in [-0.05, 0) is 36.1 Å². The van der Waals surface area contributed by atoms with Gasteiger partial charge in [-0.2, -0.15) is 0 Å². The summed E-state index contributed by atoms with van der Waals surface area (Å²) in [6.07, 6.45) is 0. The molecule has 1 atom stereocenters. The Kier molecular flexibility index (Phi) is 8.65. The van der Waals surface area contributed by atoms with Gasteiger partial charge in [-0.25, -0.2) is 0 Å². The lowest BCUT2D eigenvalue weighted by Crippen LogP contribution is -2.38. The van der Waals surface area contributed by atoms with Gasteiger partial charge in [-0.1, -0.05) is 48.9 Å². The molecule has 5 nitrogen and oxygen atoms in total. The molecule has 2 N–H and O–H groups in total. The standard InChI is InChI=1S/C22H31N3O2/c1-17-7-5-9-20(13-17)18(2)15-24-22(23-3)25-16-19-8-6-10-21(14-19)27-12-11-26-4/h5-10,13-14,18H,11-12,15-16H2,1-4H3,(H2,23,24,25). The summed E-state index contributed by atoms with van der Waals surface area (Å²) in [5.41, 5.74) is 3.76. The lowest BCUT2D eigenvalue weighted by Gasteiger charge is -2.17. The van der Waals surface area contributed by atoms with Gasteiger partial charge in [0.1, 0.15) is 12.4 Å². The summed E-state index contributed by atoms with van der Waals surface area (Å²) < 4.78 is 10.7. The average Bonchev–Trinajstić information content (AvgIpc) is 2.68. The molecule has 0 aromatic heterocycles. The highest BCUT2D eigenvalue weighted by Crippen LogP contribution is 2.15. The van der Waals surface area contributed by atoms with Crippen LogP contribution < -0.4 is 15.4 Å². The summed E-state index contributed by atoms with van der Waals surface area (Å²) in [6, 6.07) is 16.7. The van der Waals surface area contributed by atoms with Gasteiger partial charge in [0.25, 0.3) is 0 Å². The van der Waals surface area contributed by atoms with Gasteiger partial charge in [0, 0.05) is 27.2 Å². The lowest BCUT2D eigenvalue weighted by molar-refractivity contribution is 0.146. The van der Waals surface area contributed by atoms with Crippen molar-refractivity contribution in [1.82, 2.24) is 10.6 Å². The molecule has 0 amide bonds. The molecule has 2 aromatic rings. The smallest absolute Gasteiger partial charge is 0.191 e. The van der Waals surface area contributed by atoms with Gasteiger partial charge < -0.3 is 20.1 Å². The molecule has 0 aliphatic rings. The number of aliphatic imine (C=N–C) groups is 1. The quantitative estimate of drug-likeness (QED) is 0.404. The summed E-state index contributed by atoms with van der Waals surface area (Å²) in [5, 5.41) is 6.76. The Morgan fingerprint density at radius 1 is 1.07 bits per heavy atom. The summed E-state index contributed by atoms with van der Waals surface area (Å²) in [7, 11) is 3.46. The SMILES string of the molecule is CN=C(NCc1cccc(OCCOC)c1)NCC(C)c1cccc(C)c1. The Morgan fingerprint density at radius 2 is 1.89 bits per heavy atom. The van der Waals surface area contributed by atoms with Crippen LogP contribution in [0.3, 0.4) is 0 Å². The van der Waals surface area contributed by atoms with Crippen LogP contribution >= 0.6 is 0 Å². The Balaban J connectivity index is 1.82. The fraction of sp³-hybridized carbons (Fsp3) is 0.409. The average molecular weight is 370 g/mol. The first-order valence-electron chi connectivity index (χ1n) is 9.34. The molecule has 0 saturated carbocycles. The minimum absolute atomic E-state index is 0.404. The predicted octanol–water partition coefficient (Wildman–Crippen LogP) is 3.49. The molecule has 2 rings (SSSR count). The molecular weight excluding hydrogens is 338 g/mol. The van der Waals surface area contributed by atoms with E-state index in [1.54, 1.807) is 14.2 Å². The third kappa shape index (κ3) is 7.31. The first kappa shape index (κ1) is 20.8. The Morgan fingerprint density at radius 3 is 2.63 bits per heavy atom. The van der Waals surface area contributed by atoms with Crippen molar-refractivity contribution < 1.29 is 9.47 Å². The van der Waals surface area contributed by atoms with Crippen LogP contribution in [0, 0.1) is 6.92 Å². The highest BCUT2D eigenvalue weighted by molar-refractivity contribution is 5.79. The maximum absolute atomic E-state index is 5.66. The minimum atomic E-state index is 0.404. The topological polar surface area (TPSA) is 54.9 Å². The van der Waals surface area contributed by atoms with E-state index in [4.69, 9.17) is 9.47 Å². The summed E-state index contributed by atoms with van der Waals surface area (Å²) in [5.74, 6) is 2.04. The maximum atomic E-state index is 5.66. The molecule has 146 valence electrons. The molecule has 0 radical (unpaired) electrons. The van der Waals surface area contributed by atoms with E-state index in [-0.39, 0.29) is 0 Å². The molecule has 2 aromatic carbocycles. The number of guanidine groups is 1. The third-order valence-corrected chi connectivity index (χ3v) is 4.33. The van der Waals surface area contributed by atoms with E-state index >= 15 is 0 Å². The number of nitrogens with one attached hydrogen (secondary N) is 2. The minimum Gasteiger partial charge on any atom is -0.491 e. The van der Waals surface area contributed by atoms with E-state index in [1.165, 1.54) is 11.1 Å². The van der Waals surface area contributed by atoms with Crippen molar-refractivity contribution in [2.45, 2.75) is 26.3 Å². The second-order valence-corrected chi connectivity index (χ2v) is 6.61. The fourth-order valence-electron chi connectivity index (χ4n) is 2.74. The van der Waals surface area contributed by atoms with Crippen LogP contribution in [-0.2, 0) is 11.3 Å². The molecule has 0 saturated heterocycles. The largest absolute Gasteiger partial charge is 0.491 e. The monoisotopic (exact) mass is 369 g/mol. The third-order valence-electron chi connectivity index (χ3n) is 4.33. The number of nitrogens with zero attached hydrogens (tertiary/aromatic N) is 1. The van der Waals surface area contributed by atoms with E-state index in [0.717, 1.165) is 23.8 Å². The number of rotatable bonds is 9. The summed E-state index contributed by atoms with van der Waals surface area (Å²) >= 11 is 0. The first-order chi connectivity index (χ1) is 13.1. The van der Waals surface area contributed by atoms with Gasteiger partial charge in [-0.3, -0.25) is 4.99 Å². The molecule has 1 unspecified atom stereocenters. The van der Waals surface area contributed by atoms with Crippen molar-refractivity contribution >= 4 is 5.96 Å². The van der Waals surface area contributed by atoms with Crippen LogP contribution in [0.5, 0.6) is 5.75 Å². The Bertz CT molecular complexity index is 731. The Hall–Kier alpha value is -2.53. The van der Waals surface area contributed by atoms with Crippen LogP contribution in [0.25, 0.3) is 0 Å². The summed E-state index contributed by atoms with van der Waals surface area (Å²) in [6.45, 7) is 6.97. The fourth-order valence-corrected chi connectivity index (χ4v) is 2.74. The molecule has 0 heterocycles. The van der Waals surface area contributed by atoms with Crippen molar-refractivity contribution in [3.8, 4) is 5.75 Å². The van der Waals surface area contributed by atoms with E-state index < -0.39 is 0 Å². The molecule has 0 fully saturated rings. The predicted molar refractivity (Wildman–Crippen MR) is 112 cm³/mol. The molecule has 0 aliphatic carbocycles. The molecule has 0 bridgehead atoms. The van der Waals surface area contributed by atoms with E-state index in [0.29, 0.717) is 25.7 Å². The van der Waals surface area contributed by atoms with Crippen molar-refractivity contribution in [1.29, 1.82) is 0 Å². The van der Waals surface area contributed by atoms with Crippen LogP contribution in [-0.4, -0.2) is 39.9 Å². The van der Waals surface area contributed by atoms with Crippen molar-refractivity contribution in [2.75, 3.05) is 33.9 Å². The summed E-state index contributed by atoms with van der Waals surface area (Å²) in [4.78, 5) is 4.32. The zero-order valence-corrected chi connectivity index (χ0v) is 16.8. The molecule has 27 heavy (non-hydrogen) atoms. The number of hydrogen-bond donors (Lipinski definition) is 2. The van der Waals surface area contributed by atoms with Gasteiger partial charge in [0.15, 0.2) is 5.96 Å². The number of ether oxygens (including phenoxy) is 2.